The maximum atomic E-state index is 12.4. The Morgan fingerprint density at radius 1 is 1.17 bits per heavy atom. The fraction of sp³-hybridized carbons (Fsp3) is 0.667. The van der Waals surface area contributed by atoms with Crippen LogP contribution in [0.25, 0.3) is 0 Å². The summed E-state index contributed by atoms with van der Waals surface area (Å²) in [6.45, 7) is 9.06. The molecule has 0 aliphatic carbocycles. The van der Waals surface area contributed by atoms with E-state index in [9.17, 15) is 8.42 Å². The van der Waals surface area contributed by atoms with E-state index in [1.54, 1.807) is 0 Å². The Morgan fingerprint density at radius 3 is 2.43 bits per heavy atom. The summed E-state index contributed by atoms with van der Waals surface area (Å²) in [6, 6.07) is 7.98. The van der Waals surface area contributed by atoms with Gasteiger partial charge in [-0.25, -0.2) is 13.1 Å². The van der Waals surface area contributed by atoms with Gasteiger partial charge in [0.2, 0.25) is 10.0 Å². The van der Waals surface area contributed by atoms with Gasteiger partial charge in [0, 0.05) is 12.6 Å². The van der Waals surface area contributed by atoms with Crippen molar-refractivity contribution in [3.63, 3.8) is 0 Å². The number of nitrogens with zero attached hydrogens (tertiary/aromatic N) is 1. The van der Waals surface area contributed by atoms with Gasteiger partial charge in [-0.2, -0.15) is 0 Å². The lowest BCUT2D eigenvalue weighted by atomic mass is 10.0. The van der Waals surface area contributed by atoms with E-state index in [4.69, 9.17) is 0 Å². The molecule has 1 aromatic rings. The normalized spacial score (nSPS) is 17.7. The Morgan fingerprint density at radius 2 is 1.83 bits per heavy atom. The molecule has 5 heteroatoms. The Bertz CT molecular complexity index is 593. The van der Waals surface area contributed by atoms with Gasteiger partial charge in [0.1, 0.15) is 0 Å². The third kappa shape index (κ3) is 5.90. The summed E-state index contributed by atoms with van der Waals surface area (Å²) < 4.78 is 27.7. The highest BCUT2D eigenvalue weighted by Gasteiger charge is 2.24. The van der Waals surface area contributed by atoms with Crippen molar-refractivity contribution in [1.29, 1.82) is 0 Å². The molecular formula is C18H30N2O2S. The summed E-state index contributed by atoms with van der Waals surface area (Å²) in [7, 11) is -3.29. The van der Waals surface area contributed by atoms with Crippen LogP contribution in [0.5, 0.6) is 0 Å². The predicted molar refractivity (Wildman–Crippen MR) is 95.9 cm³/mol. The molecule has 0 aromatic heterocycles. The van der Waals surface area contributed by atoms with Crippen LogP contribution in [0.4, 0.5) is 0 Å². The van der Waals surface area contributed by atoms with Gasteiger partial charge in [0.25, 0.3) is 0 Å². The molecule has 2 rings (SSSR count). The maximum absolute atomic E-state index is 12.4. The Hall–Kier alpha value is -0.910. The van der Waals surface area contributed by atoms with Crippen molar-refractivity contribution in [1.82, 2.24) is 9.62 Å². The molecule has 1 aliphatic heterocycles. The molecule has 0 spiro atoms. The quantitative estimate of drug-likeness (QED) is 0.793. The maximum Gasteiger partial charge on any atom is 0.215 e. The summed E-state index contributed by atoms with van der Waals surface area (Å²) in [5.74, 6) is 0.634. The lowest BCUT2D eigenvalue weighted by molar-refractivity contribution is 0.214. The van der Waals surface area contributed by atoms with Crippen molar-refractivity contribution < 1.29 is 8.42 Å². The predicted octanol–water partition coefficient (Wildman–Crippen LogP) is 2.92. The number of benzene rings is 1. The van der Waals surface area contributed by atoms with E-state index >= 15 is 0 Å². The van der Waals surface area contributed by atoms with E-state index in [0.717, 1.165) is 30.6 Å². The van der Waals surface area contributed by atoms with Crippen LogP contribution in [-0.2, 0) is 15.8 Å². The van der Waals surface area contributed by atoms with Crippen molar-refractivity contribution in [2.45, 2.75) is 51.8 Å². The van der Waals surface area contributed by atoms with Crippen molar-refractivity contribution in [2.24, 2.45) is 5.92 Å². The van der Waals surface area contributed by atoms with Crippen molar-refractivity contribution in [3.8, 4) is 0 Å². The van der Waals surface area contributed by atoms with Gasteiger partial charge in [-0.3, -0.25) is 4.90 Å². The molecule has 1 aromatic carbocycles. The highest BCUT2D eigenvalue weighted by atomic mass is 32.2. The number of sulfonamides is 1. The molecule has 1 aliphatic rings. The molecule has 1 N–H and O–H groups in total. The SMILES string of the molecule is Cc1ccccc1CS(=O)(=O)NCC(CC(C)C)N1CCCC1. The minimum Gasteiger partial charge on any atom is -0.299 e. The molecule has 4 nitrogen and oxygen atoms in total. The summed E-state index contributed by atoms with van der Waals surface area (Å²) >= 11 is 0. The van der Waals surface area contributed by atoms with Crippen LogP contribution < -0.4 is 4.72 Å². The van der Waals surface area contributed by atoms with Crippen LogP contribution in [0, 0.1) is 12.8 Å². The second kappa shape index (κ2) is 8.27. The minimum absolute atomic E-state index is 0.0636. The first-order chi connectivity index (χ1) is 10.9. The molecule has 0 radical (unpaired) electrons. The summed E-state index contributed by atoms with van der Waals surface area (Å²) in [5, 5.41) is 0. The van der Waals surface area contributed by atoms with Gasteiger partial charge in [-0.05, 0) is 56.3 Å². The topological polar surface area (TPSA) is 49.4 Å². The first-order valence-corrected chi connectivity index (χ1v) is 10.3. The van der Waals surface area contributed by atoms with Gasteiger partial charge in [-0.15, -0.1) is 0 Å². The molecule has 130 valence electrons. The first-order valence-electron chi connectivity index (χ1n) is 8.63. The molecule has 0 saturated carbocycles. The zero-order valence-electron chi connectivity index (χ0n) is 14.6. The average Bonchev–Trinajstić information content (AvgIpc) is 2.99. The van der Waals surface area contributed by atoms with E-state index in [2.05, 4.69) is 23.5 Å². The first kappa shape index (κ1) is 18.4. The molecule has 1 unspecified atom stereocenters. The average molecular weight is 339 g/mol. The standard InChI is InChI=1S/C18H30N2O2S/c1-15(2)12-18(20-10-6-7-11-20)13-19-23(21,22)14-17-9-5-4-8-16(17)3/h4-5,8-9,15,18-19H,6-7,10-14H2,1-3H3. The molecule has 0 bridgehead atoms. The largest absolute Gasteiger partial charge is 0.299 e. The molecular weight excluding hydrogens is 308 g/mol. The lowest BCUT2D eigenvalue weighted by Crippen LogP contribution is -2.43. The fourth-order valence-electron chi connectivity index (χ4n) is 3.26. The van der Waals surface area contributed by atoms with Crippen molar-refractivity contribution in [2.75, 3.05) is 19.6 Å². The minimum atomic E-state index is -3.29. The summed E-state index contributed by atoms with van der Waals surface area (Å²) in [6.07, 6.45) is 3.49. The second-order valence-corrected chi connectivity index (χ2v) is 8.87. The van der Waals surface area contributed by atoms with Crippen molar-refractivity contribution in [3.05, 3.63) is 35.4 Å². The van der Waals surface area contributed by atoms with Gasteiger partial charge in [0.05, 0.1) is 5.75 Å². The van der Waals surface area contributed by atoms with Crippen LogP contribution in [0.1, 0.15) is 44.2 Å². The smallest absolute Gasteiger partial charge is 0.215 e. The van der Waals surface area contributed by atoms with E-state index in [1.807, 2.05) is 31.2 Å². The molecule has 1 saturated heterocycles. The monoisotopic (exact) mass is 338 g/mol. The van der Waals surface area contributed by atoms with Gasteiger partial charge in [0.15, 0.2) is 0 Å². The third-order valence-electron chi connectivity index (χ3n) is 4.55. The molecule has 1 heterocycles. The molecule has 0 amide bonds. The van der Waals surface area contributed by atoms with Crippen LogP contribution in [0.15, 0.2) is 24.3 Å². The van der Waals surface area contributed by atoms with Gasteiger partial charge >= 0.3 is 0 Å². The van der Waals surface area contributed by atoms with E-state index in [-0.39, 0.29) is 5.75 Å². The number of nitrogens with one attached hydrogen (secondary N) is 1. The molecule has 1 atom stereocenters. The second-order valence-electron chi connectivity index (χ2n) is 7.06. The zero-order chi connectivity index (χ0) is 16.9. The van der Waals surface area contributed by atoms with E-state index < -0.39 is 10.0 Å². The van der Waals surface area contributed by atoms with Gasteiger partial charge in [-0.1, -0.05) is 38.1 Å². The Labute approximate surface area is 141 Å². The van der Waals surface area contributed by atoms with Crippen LogP contribution in [-0.4, -0.2) is 39.0 Å². The number of likely N-dealkylation sites (tertiary alicyclic amines) is 1. The fourth-order valence-corrected chi connectivity index (χ4v) is 4.55. The third-order valence-corrected chi connectivity index (χ3v) is 5.84. The number of aryl methyl sites for hydroxylation is 1. The number of hydrogen-bond acceptors (Lipinski definition) is 3. The van der Waals surface area contributed by atoms with Gasteiger partial charge < -0.3 is 0 Å². The van der Waals surface area contributed by atoms with Crippen LogP contribution in [0.2, 0.25) is 0 Å². The van der Waals surface area contributed by atoms with Crippen LogP contribution in [0.3, 0.4) is 0 Å². The zero-order valence-corrected chi connectivity index (χ0v) is 15.4. The summed E-state index contributed by atoms with van der Waals surface area (Å²) in [4.78, 5) is 2.44. The van der Waals surface area contributed by atoms with E-state index in [0.29, 0.717) is 18.5 Å². The molecule has 1 fully saturated rings. The highest BCUT2D eigenvalue weighted by molar-refractivity contribution is 7.88. The van der Waals surface area contributed by atoms with Crippen LogP contribution >= 0.6 is 0 Å². The number of hydrogen-bond donors (Lipinski definition) is 1. The van der Waals surface area contributed by atoms with Crippen molar-refractivity contribution >= 4 is 10.0 Å². The summed E-state index contributed by atoms with van der Waals surface area (Å²) in [5.41, 5.74) is 1.90. The van der Waals surface area contributed by atoms with E-state index in [1.165, 1.54) is 12.8 Å². The Balaban J connectivity index is 1.96. The Kier molecular flexibility index (Phi) is 6.62. The number of rotatable bonds is 8. The highest BCUT2D eigenvalue weighted by Crippen LogP contribution is 2.18. The molecule has 23 heavy (non-hydrogen) atoms. The lowest BCUT2D eigenvalue weighted by Gasteiger charge is -2.29.